The van der Waals surface area contributed by atoms with Gasteiger partial charge in [-0.3, -0.25) is 9.59 Å². The third-order valence-electron chi connectivity index (χ3n) is 5.36. The number of carbonyl (C=O) groups is 2. The van der Waals surface area contributed by atoms with Gasteiger partial charge in [-0.2, -0.15) is 0 Å². The molecule has 1 aliphatic rings. The first-order chi connectivity index (χ1) is 14.0. The molecule has 0 aliphatic carbocycles. The Morgan fingerprint density at radius 1 is 1.17 bits per heavy atom. The van der Waals surface area contributed by atoms with Crippen LogP contribution < -0.4 is 10.2 Å². The lowest BCUT2D eigenvalue weighted by Crippen LogP contribution is -3.14. The fourth-order valence-corrected chi connectivity index (χ4v) is 4.27. The van der Waals surface area contributed by atoms with Crippen LogP contribution in [0.2, 0.25) is 0 Å². The Morgan fingerprint density at radius 3 is 2.59 bits per heavy atom. The first-order valence-corrected chi connectivity index (χ1v) is 11.7. The van der Waals surface area contributed by atoms with Gasteiger partial charge >= 0.3 is 0 Å². The second-order valence-corrected chi connectivity index (χ2v) is 9.00. The highest BCUT2D eigenvalue weighted by Gasteiger charge is 2.20. The van der Waals surface area contributed by atoms with E-state index in [1.54, 1.807) is 4.90 Å². The van der Waals surface area contributed by atoms with Crippen molar-refractivity contribution in [3.05, 3.63) is 10.6 Å². The average Bonchev–Trinajstić information content (AvgIpc) is 3.02. The van der Waals surface area contributed by atoms with Gasteiger partial charge in [0.05, 0.1) is 32.0 Å². The van der Waals surface area contributed by atoms with Gasteiger partial charge in [-0.15, -0.1) is 11.3 Å². The molecule has 0 spiro atoms. The largest absolute Gasteiger partial charge is 0.370 e. The van der Waals surface area contributed by atoms with Crippen LogP contribution in [0.5, 0.6) is 0 Å². The first-order valence-electron chi connectivity index (χ1n) is 10.9. The minimum Gasteiger partial charge on any atom is -0.370 e. The molecule has 164 valence electrons. The summed E-state index contributed by atoms with van der Waals surface area (Å²) in [5, 5.41) is 3.47. The van der Waals surface area contributed by atoms with Crippen LogP contribution in [0.25, 0.3) is 0 Å². The van der Waals surface area contributed by atoms with Crippen LogP contribution in [0, 0.1) is 13.8 Å². The summed E-state index contributed by atoms with van der Waals surface area (Å²) in [6.07, 6.45) is 5.68. The number of rotatable bonds is 12. The number of aryl methyl sites for hydroxylation is 2. The van der Waals surface area contributed by atoms with Gasteiger partial charge in [0.15, 0.2) is 5.13 Å². The zero-order valence-electron chi connectivity index (χ0n) is 18.2. The number of ether oxygens (including phenoxy) is 1. The molecule has 0 saturated carbocycles. The molecule has 0 aromatic carbocycles. The van der Waals surface area contributed by atoms with Crippen molar-refractivity contribution in [2.75, 3.05) is 51.3 Å². The molecule has 1 aliphatic heterocycles. The van der Waals surface area contributed by atoms with Crippen LogP contribution in [-0.4, -0.2) is 67.6 Å². The van der Waals surface area contributed by atoms with Crippen LogP contribution in [-0.2, 0) is 14.3 Å². The van der Waals surface area contributed by atoms with Crippen LogP contribution in [0.1, 0.15) is 56.0 Å². The topological polar surface area (TPSA) is 76.0 Å². The van der Waals surface area contributed by atoms with Crippen LogP contribution in [0.15, 0.2) is 0 Å². The van der Waals surface area contributed by atoms with E-state index < -0.39 is 0 Å². The molecular weight excluding hydrogens is 388 g/mol. The highest BCUT2D eigenvalue weighted by atomic mass is 32.1. The van der Waals surface area contributed by atoms with Gasteiger partial charge in [0, 0.05) is 24.3 Å². The number of hydrogen-bond acceptors (Lipinski definition) is 5. The Morgan fingerprint density at radius 2 is 1.93 bits per heavy atom. The van der Waals surface area contributed by atoms with Gasteiger partial charge in [0.25, 0.3) is 0 Å². The van der Waals surface area contributed by atoms with Crippen LogP contribution in [0.4, 0.5) is 5.13 Å². The lowest BCUT2D eigenvalue weighted by Gasteiger charge is -2.26. The molecule has 2 heterocycles. The monoisotopic (exact) mass is 425 g/mol. The number of nitrogens with one attached hydrogen (secondary N) is 2. The second-order valence-electron chi connectivity index (χ2n) is 7.80. The van der Waals surface area contributed by atoms with Crippen LogP contribution >= 0.6 is 11.3 Å². The molecule has 7 nitrogen and oxygen atoms in total. The summed E-state index contributed by atoms with van der Waals surface area (Å²) in [5.74, 6) is -0.0842. The van der Waals surface area contributed by atoms with Crippen LogP contribution in [0.3, 0.4) is 0 Å². The maximum atomic E-state index is 12.7. The number of aromatic nitrogens is 1. The quantitative estimate of drug-likeness (QED) is 0.501. The summed E-state index contributed by atoms with van der Waals surface area (Å²) < 4.78 is 5.41. The molecule has 1 fully saturated rings. The molecule has 0 radical (unpaired) electrons. The van der Waals surface area contributed by atoms with Gasteiger partial charge < -0.3 is 19.9 Å². The van der Waals surface area contributed by atoms with Crippen molar-refractivity contribution in [2.24, 2.45) is 0 Å². The predicted molar refractivity (Wildman–Crippen MR) is 117 cm³/mol. The summed E-state index contributed by atoms with van der Waals surface area (Å²) in [7, 11) is 0. The Bertz CT molecular complexity index is 624. The Kier molecular flexibility index (Phi) is 10.6. The molecule has 8 heteroatoms. The SMILES string of the molecule is CCCCCCC(=O)N(CCC[NH+]1CCOCC1)CC(=O)Nc1nc(C)c(C)s1. The molecule has 1 aromatic heterocycles. The van der Waals surface area contributed by atoms with Crippen molar-refractivity contribution in [1.29, 1.82) is 0 Å². The van der Waals surface area contributed by atoms with Crippen molar-refractivity contribution in [2.45, 2.75) is 59.3 Å². The standard InChI is InChI=1S/C21H36N4O3S/c1-4-5-6-7-9-20(27)25(11-8-10-24-12-14-28-15-13-24)16-19(26)23-21-22-17(2)18(3)29-21/h4-16H2,1-3H3,(H,22,23,26)/p+1. The van der Waals surface area contributed by atoms with Gasteiger partial charge in [-0.05, 0) is 20.3 Å². The van der Waals surface area contributed by atoms with E-state index in [1.165, 1.54) is 16.2 Å². The van der Waals surface area contributed by atoms with E-state index in [-0.39, 0.29) is 18.4 Å². The third-order valence-corrected chi connectivity index (χ3v) is 6.35. The maximum Gasteiger partial charge on any atom is 0.245 e. The molecule has 0 bridgehead atoms. The Labute approximate surface area is 178 Å². The summed E-state index contributed by atoms with van der Waals surface area (Å²) in [6, 6.07) is 0. The number of morpholine rings is 1. The van der Waals surface area contributed by atoms with E-state index in [9.17, 15) is 9.59 Å². The lowest BCUT2D eigenvalue weighted by molar-refractivity contribution is -0.908. The number of quaternary nitrogens is 1. The second kappa shape index (κ2) is 12.9. The molecule has 2 rings (SSSR count). The van der Waals surface area contributed by atoms with Crippen molar-refractivity contribution in [1.82, 2.24) is 9.88 Å². The first kappa shape index (κ1) is 23.8. The Balaban J connectivity index is 1.85. The van der Waals surface area contributed by atoms with Gasteiger partial charge in [-0.25, -0.2) is 4.98 Å². The number of carbonyl (C=O) groups excluding carboxylic acids is 2. The highest BCUT2D eigenvalue weighted by molar-refractivity contribution is 7.15. The van der Waals surface area contributed by atoms with Gasteiger partial charge in [0.1, 0.15) is 13.1 Å². The van der Waals surface area contributed by atoms with Crippen molar-refractivity contribution in [3.8, 4) is 0 Å². The lowest BCUT2D eigenvalue weighted by atomic mass is 10.1. The Hall–Kier alpha value is -1.51. The molecule has 2 amide bonds. The molecule has 2 N–H and O–H groups in total. The smallest absolute Gasteiger partial charge is 0.245 e. The number of amides is 2. The number of nitrogens with zero attached hydrogens (tertiary/aromatic N) is 2. The summed E-state index contributed by atoms with van der Waals surface area (Å²) >= 11 is 1.47. The van der Waals surface area contributed by atoms with Gasteiger partial charge in [-0.1, -0.05) is 26.2 Å². The normalized spacial score (nSPS) is 14.7. The van der Waals surface area contributed by atoms with E-state index in [1.807, 2.05) is 13.8 Å². The van der Waals surface area contributed by atoms with Crippen molar-refractivity contribution >= 4 is 28.3 Å². The molecular formula is C21H37N4O3S+. The average molecular weight is 426 g/mol. The van der Waals surface area contributed by atoms with Crippen molar-refractivity contribution < 1.29 is 19.2 Å². The van der Waals surface area contributed by atoms with E-state index in [0.717, 1.165) is 75.5 Å². The minimum atomic E-state index is -0.167. The molecule has 0 atom stereocenters. The molecule has 1 aromatic rings. The number of thiazole rings is 1. The van der Waals surface area contributed by atoms with E-state index >= 15 is 0 Å². The summed E-state index contributed by atoms with van der Waals surface area (Å²) in [5.41, 5.74) is 0.933. The fraction of sp³-hybridized carbons (Fsp3) is 0.762. The summed E-state index contributed by atoms with van der Waals surface area (Å²) in [4.78, 5) is 34.0. The van der Waals surface area contributed by atoms with E-state index in [2.05, 4.69) is 17.2 Å². The van der Waals surface area contributed by atoms with E-state index in [0.29, 0.717) is 18.1 Å². The van der Waals surface area contributed by atoms with Gasteiger partial charge in [0.2, 0.25) is 11.8 Å². The summed E-state index contributed by atoms with van der Waals surface area (Å²) in [6.45, 7) is 11.5. The number of unbranched alkanes of at least 4 members (excludes halogenated alkanes) is 3. The van der Waals surface area contributed by atoms with E-state index in [4.69, 9.17) is 4.74 Å². The number of hydrogen-bond donors (Lipinski definition) is 2. The third kappa shape index (κ3) is 8.80. The number of anilines is 1. The minimum absolute atomic E-state index is 0.0831. The predicted octanol–water partition coefficient (Wildman–Crippen LogP) is 1.80. The fourth-order valence-electron chi connectivity index (χ4n) is 3.44. The molecule has 0 unspecified atom stereocenters. The zero-order valence-corrected chi connectivity index (χ0v) is 19.0. The molecule has 1 saturated heterocycles. The zero-order chi connectivity index (χ0) is 21.1. The highest BCUT2D eigenvalue weighted by Crippen LogP contribution is 2.21. The van der Waals surface area contributed by atoms with Crippen molar-refractivity contribution in [3.63, 3.8) is 0 Å². The maximum absolute atomic E-state index is 12.7. The molecule has 29 heavy (non-hydrogen) atoms.